The summed E-state index contributed by atoms with van der Waals surface area (Å²) in [6, 6.07) is 0. The van der Waals surface area contributed by atoms with Crippen LogP contribution in [0, 0.1) is 0 Å². The maximum atomic E-state index is 10.7. The van der Waals surface area contributed by atoms with Gasteiger partial charge in [0.25, 0.3) is 0 Å². The number of carbonyl (C=O) groups excluding carboxylic acids is 2. The quantitative estimate of drug-likeness (QED) is 0.341. The van der Waals surface area contributed by atoms with Crippen LogP contribution in [-0.4, -0.2) is 56.3 Å². The summed E-state index contributed by atoms with van der Waals surface area (Å²) in [5.41, 5.74) is 2.03. The van der Waals surface area contributed by atoms with Crippen LogP contribution in [0.25, 0.3) is 0 Å². The number of allylic oxidation sites excluding steroid dienone is 4. The number of nitrogens with zero attached hydrogens (tertiary/aromatic N) is 2. The van der Waals surface area contributed by atoms with Crippen molar-refractivity contribution < 1.29 is 14.3 Å². The first-order valence-electron chi connectivity index (χ1n) is 6.34. The van der Waals surface area contributed by atoms with Crippen molar-refractivity contribution in [1.82, 2.24) is 9.80 Å². The highest BCUT2D eigenvalue weighted by Crippen LogP contribution is 2.07. The summed E-state index contributed by atoms with van der Waals surface area (Å²) in [5, 5.41) is 0. The Morgan fingerprint density at radius 2 is 1.89 bits per heavy atom. The van der Waals surface area contributed by atoms with Gasteiger partial charge in [-0.1, -0.05) is 6.92 Å². The summed E-state index contributed by atoms with van der Waals surface area (Å²) in [6.07, 6.45) is 6.25. The zero-order valence-electron chi connectivity index (χ0n) is 12.3. The molecule has 0 saturated carbocycles. The largest absolute Gasteiger partial charge is 0.376 e. The lowest BCUT2D eigenvalue weighted by molar-refractivity contribution is -0.115. The zero-order chi connectivity index (χ0) is 14.7. The highest BCUT2D eigenvalue weighted by atomic mass is 16.5. The number of amides is 1. The predicted molar refractivity (Wildman–Crippen MR) is 75.5 cm³/mol. The number of carbonyl (C=O) groups is 2. The minimum absolute atomic E-state index is 0.140. The molecule has 19 heavy (non-hydrogen) atoms. The third kappa shape index (κ3) is 7.41. The van der Waals surface area contributed by atoms with E-state index in [2.05, 4.69) is 0 Å². The van der Waals surface area contributed by atoms with Crippen LogP contribution in [0.3, 0.4) is 0 Å². The zero-order valence-corrected chi connectivity index (χ0v) is 12.3. The Morgan fingerprint density at radius 1 is 1.21 bits per heavy atom. The molecule has 5 heteroatoms. The summed E-state index contributed by atoms with van der Waals surface area (Å²) >= 11 is 0. The van der Waals surface area contributed by atoms with E-state index in [1.807, 2.05) is 37.9 Å². The van der Waals surface area contributed by atoms with E-state index in [0.29, 0.717) is 6.61 Å². The monoisotopic (exact) mass is 268 g/mol. The van der Waals surface area contributed by atoms with Gasteiger partial charge in [-0.25, -0.2) is 0 Å². The van der Waals surface area contributed by atoms with E-state index < -0.39 is 0 Å². The van der Waals surface area contributed by atoms with Crippen LogP contribution >= 0.6 is 0 Å². The second-order valence-corrected chi connectivity index (χ2v) is 4.20. The Balaban J connectivity index is 4.39. The van der Waals surface area contributed by atoms with Gasteiger partial charge >= 0.3 is 0 Å². The molecule has 1 amide bonds. The Bertz CT molecular complexity index is 338. The first-order valence-corrected chi connectivity index (χ1v) is 6.34. The highest BCUT2D eigenvalue weighted by molar-refractivity contribution is 5.50. The van der Waals surface area contributed by atoms with E-state index >= 15 is 0 Å². The molecule has 0 bridgehead atoms. The molecule has 0 aliphatic heterocycles. The second-order valence-electron chi connectivity index (χ2n) is 4.20. The van der Waals surface area contributed by atoms with E-state index in [4.69, 9.17) is 4.74 Å². The van der Waals surface area contributed by atoms with Crippen LogP contribution in [0.5, 0.6) is 0 Å². The lowest BCUT2D eigenvalue weighted by Crippen LogP contribution is -2.21. The molecule has 0 unspecified atom stereocenters. The van der Waals surface area contributed by atoms with Crippen LogP contribution in [0.2, 0.25) is 0 Å². The Kier molecular flexibility index (Phi) is 9.44. The molecule has 0 aromatic carbocycles. The minimum Gasteiger partial charge on any atom is -0.376 e. The van der Waals surface area contributed by atoms with E-state index in [-0.39, 0.29) is 6.61 Å². The molecule has 0 saturated heterocycles. The fourth-order valence-corrected chi connectivity index (χ4v) is 1.41. The van der Waals surface area contributed by atoms with Gasteiger partial charge in [0, 0.05) is 32.0 Å². The van der Waals surface area contributed by atoms with Gasteiger partial charge in [0.15, 0.2) is 0 Å². The van der Waals surface area contributed by atoms with Gasteiger partial charge in [0.2, 0.25) is 6.41 Å². The van der Waals surface area contributed by atoms with Gasteiger partial charge < -0.3 is 19.3 Å². The lowest BCUT2D eigenvalue weighted by atomic mass is 10.2. The normalized spacial score (nSPS) is 12.2. The molecule has 0 spiro atoms. The molecular formula is C14H24N2O3. The predicted octanol–water partition coefficient (Wildman–Crippen LogP) is 1.42. The van der Waals surface area contributed by atoms with Crippen molar-refractivity contribution in [2.45, 2.75) is 20.3 Å². The van der Waals surface area contributed by atoms with Crippen molar-refractivity contribution >= 4 is 12.7 Å². The number of likely N-dealkylation sites (N-methyl/N-ethyl adjacent to an activating group) is 1. The molecule has 5 nitrogen and oxygen atoms in total. The van der Waals surface area contributed by atoms with Gasteiger partial charge in [0.1, 0.15) is 12.9 Å². The summed E-state index contributed by atoms with van der Waals surface area (Å²) < 4.78 is 5.10. The van der Waals surface area contributed by atoms with Crippen molar-refractivity contribution in [3.05, 3.63) is 23.5 Å². The molecule has 108 valence electrons. The summed E-state index contributed by atoms with van der Waals surface area (Å²) in [7, 11) is 3.70. The van der Waals surface area contributed by atoms with Crippen molar-refractivity contribution in [1.29, 1.82) is 0 Å². The van der Waals surface area contributed by atoms with E-state index in [0.717, 1.165) is 37.1 Å². The van der Waals surface area contributed by atoms with Gasteiger partial charge in [-0.05, 0) is 25.5 Å². The van der Waals surface area contributed by atoms with E-state index in [1.54, 1.807) is 11.9 Å². The summed E-state index contributed by atoms with van der Waals surface area (Å²) in [4.78, 5) is 24.4. The molecule has 0 radical (unpaired) electrons. The third-order valence-corrected chi connectivity index (χ3v) is 2.85. The first-order chi connectivity index (χ1) is 9.06. The molecule has 0 aromatic rings. The van der Waals surface area contributed by atoms with Crippen LogP contribution in [0.15, 0.2) is 23.5 Å². The molecule has 0 aromatic heterocycles. The molecule has 0 heterocycles. The van der Waals surface area contributed by atoms with Gasteiger partial charge in [0.05, 0.1) is 6.61 Å². The van der Waals surface area contributed by atoms with Gasteiger partial charge in [-0.3, -0.25) is 4.79 Å². The molecule has 0 aliphatic rings. The first kappa shape index (κ1) is 17.4. The van der Waals surface area contributed by atoms with Gasteiger partial charge in [-0.15, -0.1) is 0 Å². The van der Waals surface area contributed by atoms with Crippen molar-refractivity contribution in [2.75, 3.05) is 33.9 Å². The second kappa shape index (κ2) is 10.3. The van der Waals surface area contributed by atoms with Crippen LogP contribution < -0.4 is 0 Å². The standard InChI is InChI=1S/C14H24N2O3/c1-5-14(16(4)12-18)7-6-13(2)15(3)8-10-19-11-9-17/h6-7,9,12H,5,8,10-11H2,1-4H3/b13-6+,14-7+. The molecule has 0 fully saturated rings. The maximum absolute atomic E-state index is 10.7. The van der Waals surface area contributed by atoms with Crippen LogP contribution in [0.4, 0.5) is 0 Å². The van der Waals surface area contributed by atoms with Crippen LogP contribution in [-0.2, 0) is 14.3 Å². The molecule has 0 atom stereocenters. The fraction of sp³-hybridized carbons (Fsp3) is 0.571. The topological polar surface area (TPSA) is 49.9 Å². The van der Waals surface area contributed by atoms with Gasteiger partial charge in [-0.2, -0.15) is 0 Å². The number of hydrogen-bond acceptors (Lipinski definition) is 4. The van der Waals surface area contributed by atoms with Crippen molar-refractivity contribution in [3.63, 3.8) is 0 Å². The average molecular weight is 268 g/mol. The fourth-order valence-electron chi connectivity index (χ4n) is 1.41. The minimum atomic E-state index is 0.140. The molecule has 0 aliphatic carbocycles. The lowest BCUT2D eigenvalue weighted by Gasteiger charge is -2.19. The summed E-state index contributed by atoms with van der Waals surface area (Å²) in [6.45, 7) is 5.37. The van der Waals surface area contributed by atoms with E-state index in [1.165, 1.54) is 0 Å². The number of aldehydes is 1. The smallest absolute Gasteiger partial charge is 0.213 e. The SMILES string of the molecule is CC/C(=C\C=C(/C)N(C)CCOCC=O)N(C)C=O. The Labute approximate surface area is 115 Å². The Morgan fingerprint density at radius 3 is 2.42 bits per heavy atom. The maximum Gasteiger partial charge on any atom is 0.213 e. The molecule has 0 rings (SSSR count). The average Bonchev–Trinajstić information content (AvgIpc) is 2.43. The summed E-state index contributed by atoms with van der Waals surface area (Å²) in [5.74, 6) is 0. The Hall–Kier alpha value is -1.62. The highest BCUT2D eigenvalue weighted by Gasteiger charge is 2.01. The molecule has 0 N–H and O–H groups in total. The van der Waals surface area contributed by atoms with E-state index in [9.17, 15) is 9.59 Å². The van der Waals surface area contributed by atoms with Crippen molar-refractivity contribution in [3.8, 4) is 0 Å². The number of ether oxygens (including phenoxy) is 1. The number of hydrogen-bond donors (Lipinski definition) is 0. The molecular weight excluding hydrogens is 244 g/mol. The number of rotatable bonds is 10. The third-order valence-electron chi connectivity index (χ3n) is 2.85. The van der Waals surface area contributed by atoms with Crippen LogP contribution in [0.1, 0.15) is 20.3 Å². The van der Waals surface area contributed by atoms with Crippen molar-refractivity contribution in [2.24, 2.45) is 0 Å².